The standard InChI is InChI=1S/C12H20N6/c1-9(2)18-12(14-8-15-18)7-17-6-11(5-13-4)10(3)16-17/h6,8-9,13H,5,7H2,1-4H3. The van der Waals surface area contributed by atoms with Crippen molar-refractivity contribution in [2.24, 2.45) is 0 Å². The molecule has 0 aliphatic carbocycles. The fourth-order valence-corrected chi connectivity index (χ4v) is 1.97. The summed E-state index contributed by atoms with van der Waals surface area (Å²) >= 11 is 0. The first-order valence-electron chi connectivity index (χ1n) is 6.17. The molecule has 2 aromatic heterocycles. The summed E-state index contributed by atoms with van der Waals surface area (Å²) in [5.74, 6) is 0.934. The Labute approximate surface area is 107 Å². The second kappa shape index (κ2) is 5.30. The van der Waals surface area contributed by atoms with Crippen molar-refractivity contribution in [2.45, 2.75) is 39.9 Å². The maximum Gasteiger partial charge on any atom is 0.148 e. The highest BCUT2D eigenvalue weighted by Gasteiger charge is 2.10. The predicted molar refractivity (Wildman–Crippen MR) is 69.2 cm³/mol. The molecule has 2 rings (SSSR count). The monoisotopic (exact) mass is 248 g/mol. The lowest BCUT2D eigenvalue weighted by molar-refractivity contribution is 0.487. The Morgan fingerprint density at radius 2 is 2.17 bits per heavy atom. The number of hydrogen-bond acceptors (Lipinski definition) is 4. The molecule has 0 unspecified atom stereocenters. The minimum absolute atomic E-state index is 0.316. The van der Waals surface area contributed by atoms with E-state index >= 15 is 0 Å². The third kappa shape index (κ3) is 2.59. The van der Waals surface area contributed by atoms with Crippen LogP contribution >= 0.6 is 0 Å². The van der Waals surface area contributed by atoms with Gasteiger partial charge in [-0.2, -0.15) is 10.2 Å². The van der Waals surface area contributed by atoms with Crippen LogP contribution < -0.4 is 5.32 Å². The van der Waals surface area contributed by atoms with Gasteiger partial charge in [-0.05, 0) is 27.8 Å². The van der Waals surface area contributed by atoms with Crippen LogP contribution in [0.3, 0.4) is 0 Å². The van der Waals surface area contributed by atoms with Gasteiger partial charge in [0.25, 0.3) is 0 Å². The van der Waals surface area contributed by atoms with Crippen molar-refractivity contribution >= 4 is 0 Å². The zero-order chi connectivity index (χ0) is 13.1. The van der Waals surface area contributed by atoms with Crippen molar-refractivity contribution in [2.75, 3.05) is 7.05 Å². The van der Waals surface area contributed by atoms with Gasteiger partial charge in [0, 0.05) is 24.3 Å². The first-order valence-corrected chi connectivity index (χ1v) is 6.17. The van der Waals surface area contributed by atoms with E-state index in [0.29, 0.717) is 12.6 Å². The van der Waals surface area contributed by atoms with Gasteiger partial charge in [0.05, 0.1) is 5.69 Å². The maximum atomic E-state index is 4.50. The van der Waals surface area contributed by atoms with Crippen LogP contribution in [0.15, 0.2) is 12.5 Å². The van der Waals surface area contributed by atoms with E-state index in [0.717, 1.165) is 18.1 Å². The van der Waals surface area contributed by atoms with Crippen LogP contribution in [0.4, 0.5) is 0 Å². The summed E-state index contributed by atoms with van der Waals surface area (Å²) in [7, 11) is 1.94. The number of aromatic nitrogens is 5. The number of rotatable bonds is 5. The van der Waals surface area contributed by atoms with E-state index in [1.54, 1.807) is 6.33 Å². The van der Waals surface area contributed by atoms with E-state index in [-0.39, 0.29) is 0 Å². The average Bonchev–Trinajstić information content (AvgIpc) is 2.88. The summed E-state index contributed by atoms with van der Waals surface area (Å²) in [5.41, 5.74) is 2.27. The molecule has 2 heterocycles. The normalized spacial score (nSPS) is 11.4. The van der Waals surface area contributed by atoms with Crippen molar-refractivity contribution in [3.63, 3.8) is 0 Å². The molecule has 1 N–H and O–H groups in total. The van der Waals surface area contributed by atoms with Crippen molar-refractivity contribution in [3.05, 3.63) is 29.6 Å². The number of hydrogen-bond donors (Lipinski definition) is 1. The highest BCUT2D eigenvalue weighted by Crippen LogP contribution is 2.09. The van der Waals surface area contributed by atoms with E-state index < -0.39 is 0 Å². The molecule has 0 saturated heterocycles. The van der Waals surface area contributed by atoms with Gasteiger partial charge in [0.15, 0.2) is 0 Å². The molecule has 0 saturated carbocycles. The highest BCUT2D eigenvalue weighted by atomic mass is 15.4. The molecule has 0 aliphatic heterocycles. The lowest BCUT2D eigenvalue weighted by atomic mass is 10.3. The quantitative estimate of drug-likeness (QED) is 0.861. The molecule has 18 heavy (non-hydrogen) atoms. The Bertz CT molecular complexity index is 510. The second-order valence-corrected chi connectivity index (χ2v) is 4.68. The van der Waals surface area contributed by atoms with Crippen molar-refractivity contribution < 1.29 is 0 Å². The summed E-state index contributed by atoms with van der Waals surface area (Å²) in [6, 6.07) is 0.316. The fraction of sp³-hybridized carbons (Fsp3) is 0.583. The minimum Gasteiger partial charge on any atom is -0.316 e. The Balaban J connectivity index is 2.18. The molecule has 0 fully saturated rings. The van der Waals surface area contributed by atoms with E-state index in [1.807, 2.05) is 23.3 Å². The lowest BCUT2D eigenvalue weighted by Crippen LogP contribution is -2.12. The molecular weight excluding hydrogens is 228 g/mol. The third-order valence-corrected chi connectivity index (χ3v) is 2.86. The van der Waals surface area contributed by atoms with Crippen LogP contribution in [0.25, 0.3) is 0 Å². The summed E-state index contributed by atoms with van der Waals surface area (Å²) in [5, 5.41) is 11.9. The summed E-state index contributed by atoms with van der Waals surface area (Å²) in [6.45, 7) is 7.71. The second-order valence-electron chi connectivity index (χ2n) is 4.68. The minimum atomic E-state index is 0.316. The topological polar surface area (TPSA) is 60.6 Å². The first-order chi connectivity index (χ1) is 8.61. The Morgan fingerprint density at radius 3 is 2.83 bits per heavy atom. The molecular formula is C12H20N6. The molecule has 0 aliphatic rings. The molecule has 6 heteroatoms. The molecule has 98 valence electrons. The summed E-state index contributed by atoms with van der Waals surface area (Å²) < 4.78 is 3.85. The van der Waals surface area contributed by atoms with Crippen molar-refractivity contribution in [1.82, 2.24) is 29.9 Å². The maximum absolute atomic E-state index is 4.50. The van der Waals surface area contributed by atoms with Crippen LogP contribution in [-0.2, 0) is 13.1 Å². The highest BCUT2D eigenvalue weighted by molar-refractivity contribution is 5.15. The van der Waals surface area contributed by atoms with E-state index in [2.05, 4.69) is 40.5 Å². The van der Waals surface area contributed by atoms with E-state index in [4.69, 9.17) is 0 Å². The number of nitrogens with zero attached hydrogens (tertiary/aromatic N) is 5. The molecule has 0 radical (unpaired) electrons. The molecule has 0 bridgehead atoms. The van der Waals surface area contributed by atoms with Gasteiger partial charge in [-0.3, -0.25) is 4.68 Å². The van der Waals surface area contributed by atoms with Crippen LogP contribution in [0.1, 0.15) is 37.0 Å². The van der Waals surface area contributed by atoms with E-state index in [1.165, 1.54) is 5.56 Å². The zero-order valence-electron chi connectivity index (χ0n) is 11.4. The van der Waals surface area contributed by atoms with Gasteiger partial charge in [-0.25, -0.2) is 9.67 Å². The van der Waals surface area contributed by atoms with Crippen LogP contribution in [0.2, 0.25) is 0 Å². The van der Waals surface area contributed by atoms with Crippen LogP contribution in [0.5, 0.6) is 0 Å². The summed E-state index contributed by atoms with van der Waals surface area (Å²) in [6.07, 6.45) is 3.66. The van der Waals surface area contributed by atoms with Crippen LogP contribution in [0, 0.1) is 6.92 Å². The Kier molecular flexibility index (Phi) is 3.76. The molecule has 0 amide bonds. The lowest BCUT2D eigenvalue weighted by Gasteiger charge is -2.08. The zero-order valence-corrected chi connectivity index (χ0v) is 11.4. The fourth-order valence-electron chi connectivity index (χ4n) is 1.97. The van der Waals surface area contributed by atoms with Gasteiger partial charge < -0.3 is 5.32 Å². The van der Waals surface area contributed by atoms with Gasteiger partial charge in [0.2, 0.25) is 0 Å². The van der Waals surface area contributed by atoms with Gasteiger partial charge >= 0.3 is 0 Å². The van der Waals surface area contributed by atoms with Gasteiger partial charge in [-0.15, -0.1) is 0 Å². The van der Waals surface area contributed by atoms with Crippen molar-refractivity contribution in [1.29, 1.82) is 0 Å². The Morgan fingerprint density at radius 1 is 1.39 bits per heavy atom. The largest absolute Gasteiger partial charge is 0.316 e. The van der Waals surface area contributed by atoms with E-state index in [9.17, 15) is 0 Å². The van der Waals surface area contributed by atoms with Crippen LogP contribution in [-0.4, -0.2) is 31.6 Å². The van der Waals surface area contributed by atoms with Crippen molar-refractivity contribution in [3.8, 4) is 0 Å². The molecule has 2 aromatic rings. The number of aryl methyl sites for hydroxylation is 1. The predicted octanol–water partition coefficient (Wildman–Crippen LogP) is 1.13. The molecule has 0 aromatic carbocycles. The summed E-state index contributed by atoms with van der Waals surface area (Å²) in [4.78, 5) is 4.29. The molecule has 0 atom stereocenters. The molecule has 6 nitrogen and oxygen atoms in total. The first kappa shape index (κ1) is 12.8. The number of nitrogens with one attached hydrogen (secondary N) is 1. The SMILES string of the molecule is CNCc1cn(Cc2ncnn2C(C)C)nc1C. The van der Waals surface area contributed by atoms with Gasteiger partial charge in [-0.1, -0.05) is 0 Å². The average molecular weight is 248 g/mol. The van der Waals surface area contributed by atoms with Gasteiger partial charge in [0.1, 0.15) is 18.7 Å². The Hall–Kier alpha value is -1.69. The smallest absolute Gasteiger partial charge is 0.148 e. The molecule has 0 spiro atoms. The third-order valence-electron chi connectivity index (χ3n) is 2.86.